The Bertz CT molecular complexity index is 1370. The minimum atomic E-state index is -0.115. The molecule has 2 aromatic carbocycles. The van der Waals surface area contributed by atoms with E-state index >= 15 is 0 Å². The van der Waals surface area contributed by atoms with Gasteiger partial charge in [0.25, 0.3) is 5.91 Å². The van der Waals surface area contributed by atoms with Crippen LogP contribution in [0.4, 0.5) is 17.5 Å². The molecule has 3 heterocycles. The third kappa shape index (κ3) is 4.42. The number of fused-ring (bicyclic) bond motifs is 1. The third-order valence-electron chi connectivity index (χ3n) is 6.47. The lowest BCUT2D eigenvalue weighted by Gasteiger charge is -2.27. The fourth-order valence-electron chi connectivity index (χ4n) is 4.38. The van der Waals surface area contributed by atoms with Gasteiger partial charge in [-0.2, -0.15) is 4.98 Å². The molecule has 1 aliphatic carbocycles. The van der Waals surface area contributed by atoms with E-state index in [1.165, 1.54) is 12.8 Å². The van der Waals surface area contributed by atoms with Crippen molar-refractivity contribution < 1.29 is 9.53 Å². The summed E-state index contributed by atoms with van der Waals surface area (Å²) in [4.78, 5) is 28.3. The molecule has 2 aromatic heterocycles. The largest absolute Gasteiger partial charge is 0.378 e. The lowest BCUT2D eigenvalue weighted by Crippen LogP contribution is -2.37. The Morgan fingerprint density at radius 1 is 1.03 bits per heavy atom. The van der Waals surface area contributed by atoms with Crippen LogP contribution in [0, 0.1) is 0 Å². The Morgan fingerprint density at radius 3 is 2.57 bits per heavy atom. The summed E-state index contributed by atoms with van der Waals surface area (Å²) in [5.41, 5.74) is 5.45. The fraction of sp³-hybridized carbons (Fsp3) is 0.308. The number of carbonyl (C=O) groups is 1. The summed E-state index contributed by atoms with van der Waals surface area (Å²) in [5, 5.41) is 6.03. The normalized spacial score (nSPS) is 15.9. The second-order valence-corrected chi connectivity index (χ2v) is 8.91. The van der Waals surface area contributed by atoms with E-state index in [1.807, 2.05) is 24.5 Å². The van der Waals surface area contributed by atoms with Gasteiger partial charge < -0.3 is 24.8 Å². The van der Waals surface area contributed by atoms with E-state index in [2.05, 4.69) is 43.3 Å². The molecule has 2 aliphatic rings. The minimum Gasteiger partial charge on any atom is -0.378 e. The van der Waals surface area contributed by atoms with E-state index in [1.54, 1.807) is 19.2 Å². The van der Waals surface area contributed by atoms with Gasteiger partial charge in [-0.25, -0.2) is 9.97 Å². The molecule has 9 nitrogen and oxygen atoms in total. The summed E-state index contributed by atoms with van der Waals surface area (Å²) in [7, 11) is 1.62. The Kier molecular flexibility index (Phi) is 5.54. The van der Waals surface area contributed by atoms with Crippen molar-refractivity contribution in [1.29, 1.82) is 0 Å². The van der Waals surface area contributed by atoms with E-state index < -0.39 is 0 Å². The van der Waals surface area contributed by atoms with Crippen LogP contribution in [0.3, 0.4) is 0 Å². The van der Waals surface area contributed by atoms with Gasteiger partial charge in [0.1, 0.15) is 5.82 Å². The lowest BCUT2D eigenvalue weighted by molar-refractivity contribution is 0.0963. The molecule has 9 heteroatoms. The molecule has 0 spiro atoms. The average molecular weight is 470 g/mol. The molecular formula is C26H27N7O2. The summed E-state index contributed by atoms with van der Waals surface area (Å²) in [6, 6.07) is 16.2. The average Bonchev–Trinajstić information content (AvgIpc) is 3.67. The van der Waals surface area contributed by atoms with E-state index in [4.69, 9.17) is 14.7 Å². The molecular weight excluding hydrogens is 442 g/mol. The zero-order chi connectivity index (χ0) is 23.8. The van der Waals surface area contributed by atoms with Gasteiger partial charge in [-0.05, 0) is 49.2 Å². The van der Waals surface area contributed by atoms with E-state index in [0.29, 0.717) is 36.6 Å². The maximum atomic E-state index is 11.9. The van der Waals surface area contributed by atoms with Crippen LogP contribution in [0.25, 0.3) is 22.3 Å². The number of carbonyl (C=O) groups excluding carboxylic acids is 1. The second-order valence-electron chi connectivity index (χ2n) is 8.91. The summed E-state index contributed by atoms with van der Waals surface area (Å²) >= 11 is 0. The predicted molar refractivity (Wildman–Crippen MR) is 135 cm³/mol. The van der Waals surface area contributed by atoms with Gasteiger partial charge in [-0.15, -0.1) is 0 Å². The maximum absolute atomic E-state index is 11.9. The predicted octanol–water partition coefficient (Wildman–Crippen LogP) is 3.77. The summed E-state index contributed by atoms with van der Waals surface area (Å²) in [5.74, 6) is 1.25. The third-order valence-corrected chi connectivity index (χ3v) is 6.47. The molecule has 1 amide bonds. The van der Waals surface area contributed by atoms with Crippen molar-refractivity contribution in [3.63, 3.8) is 0 Å². The van der Waals surface area contributed by atoms with Crippen LogP contribution in [-0.2, 0) is 4.74 Å². The number of nitrogens with one attached hydrogen (secondary N) is 2. The van der Waals surface area contributed by atoms with Crippen molar-refractivity contribution in [2.75, 3.05) is 43.6 Å². The number of aromatic nitrogens is 4. The highest BCUT2D eigenvalue weighted by Crippen LogP contribution is 2.38. The summed E-state index contributed by atoms with van der Waals surface area (Å²) in [6.45, 7) is 2.81. The number of imidazole rings is 1. The Labute approximate surface area is 203 Å². The number of nitrogens with zero attached hydrogens (tertiary/aromatic N) is 5. The number of ether oxygens (including phenoxy) is 1. The molecule has 1 saturated heterocycles. The van der Waals surface area contributed by atoms with Crippen LogP contribution in [0.1, 0.15) is 29.2 Å². The number of benzene rings is 2. The van der Waals surface area contributed by atoms with E-state index in [0.717, 1.165) is 41.1 Å². The lowest BCUT2D eigenvalue weighted by atomic mass is 10.1. The van der Waals surface area contributed by atoms with Crippen LogP contribution in [-0.4, -0.2) is 58.8 Å². The second kappa shape index (κ2) is 8.99. The van der Waals surface area contributed by atoms with Crippen LogP contribution in [0.2, 0.25) is 0 Å². The Morgan fingerprint density at radius 2 is 1.83 bits per heavy atom. The van der Waals surface area contributed by atoms with Crippen molar-refractivity contribution >= 4 is 34.4 Å². The molecule has 0 bridgehead atoms. The molecule has 6 rings (SSSR count). The molecule has 0 radical (unpaired) electrons. The van der Waals surface area contributed by atoms with E-state index in [9.17, 15) is 4.79 Å². The minimum absolute atomic E-state index is 0.115. The Hall–Kier alpha value is -3.98. The van der Waals surface area contributed by atoms with Gasteiger partial charge in [0.2, 0.25) is 5.95 Å². The molecule has 35 heavy (non-hydrogen) atoms. The molecule has 0 atom stereocenters. The molecule has 1 saturated carbocycles. The first-order chi connectivity index (χ1) is 17.2. The van der Waals surface area contributed by atoms with E-state index in [-0.39, 0.29) is 5.91 Å². The Balaban J connectivity index is 1.37. The van der Waals surface area contributed by atoms with Crippen LogP contribution >= 0.6 is 0 Å². The number of rotatable bonds is 6. The van der Waals surface area contributed by atoms with Crippen molar-refractivity contribution in [2.45, 2.75) is 18.9 Å². The smallest absolute Gasteiger partial charge is 0.251 e. The number of hydrogen-bond acceptors (Lipinski definition) is 7. The van der Waals surface area contributed by atoms with Crippen LogP contribution in [0.5, 0.6) is 0 Å². The van der Waals surface area contributed by atoms with Crippen molar-refractivity contribution in [1.82, 2.24) is 24.8 Å². The molecule has 1 aliphatic heterocycles. The molecule has 178 valence electrons. The summed E-state index contributed by atoms with van der Waals surface area (Å²) in [6.07, 6.45) is 4.36. The SMILES string of the molecule is CNC(=O)c1ccc(Nc2cc(-c3ccc4ncn(C5CC5)c4c3)nc(N3CCOCC3)n2)cc1. The fourth-order valence-corrected chi connectivity index (χ4v) is 4.38. The van der Waals surface area contributed by atoms with Gasteiger partial charge >= 0.3 is 0 Å². The number of morpholine rings is 1. The van der Waals surface area contributed by atoms with Crippen LogP contribution < -0.4 is 15.5 Å². The van der Waals surface area contributed by atoms with Gasteiger partial charge in [0.05, 0.1) is 36.3 Å². The maximum Gasteiger partial charge on any atom is 0.251 e. The molecule has 2 N–H and O–H groups in total. The number of hydrogen-bond donors (Lipinski definition) is 2. The number of anilines is 3. The first kappa shape index (κ1) is 21.5. The van der Waals surface area contributed by atoms with Crippen molar-refractivity contribution in [3.8, 4) is 11.3 Å². The van der Waals surface area contributed by atoms with Gasteiger partial charge in [-0.3, -0.25) is 4.79 Å². The first-order valence-electron chi connectivity index (χ1n) is 12.0. The summed E-state index contributed by atoms with van der Waals surface area (Å²) < 4.78 is 7.80. The van der Waals surface area contributed by atoms with Gasteiger partial charge in [0.15, 0.2) is 0 Å². The highest BCUT2D eigenvalue weighted by atomic mass is 16.5. The number of amides is 1. The topological polar surface area (TPSA) is 97.2 Å². The monoisotopic (exact) mass is 469 g/mol. The quantitative estimate of drug-likeness (QED) is 0.444. The van der Waals surface area contributed by atoms with Gasteiger partial charge in [-0.1, -0.05) is 6.07 Å². The standard InChI is InChI=1S/C26H27N7O2/c1-27-25(34)17-2-5-19(6-3-17)29-24-15-22(30-26(31-24)32-10-12-35-13-11-32)18-4-9-21-23(14-18)33(16-28-21)20-7-8-20/h2-6,9,14-16,20H,7-8,10-13H2,1H3,(H,27,34)(H,29,30,31). The molecule has 0 unspecified atom stereocenters. The van der Waals surface area contributed by atoms with Crippen LogP contribution in [0.15, 0.2) is 54.9 Å². The highest BCUT2D eigenvalue weighted by molar-refractivity contribution is 5.94. The van der Waals surface area contributed by atoms with Crippen molar-refractivity contribution in [3.05, 3.63) is 60.4 Å². The zero-order valence-electron chi connectivity index (χ0n) is 19.6. The molecule has 2 fully saturated rings. The highest BCUT2D eigenvalue weighted by Gasteiger charge is 2.25. The molecule has 4 aromatic rings. The van der Waals surface area contributed by atoms with Crippen molar-refractivity contribution in [2.24, 2.45) is 0 Å². The van der Waals surface area contributed by atoms with Gasteiger partial charge in [0, 0.05) is 49.1 Å². The zero-order valence-corrected chi connectivity index (χ0v) is 19.6. The first-order valence-corrected chi connectivity index (χ1v) is 12.0.